The first kappa shape index (κ1) is 10.3. The van der Waals surface area contributed by atoms with E-state index in [1.165, 1.54) is 22.5 Å². The number of benzene rings is 2. The van der Waals surface area contributed by atoms with Gasteiger partial charge in [-0.15, -0.1) is 0 Å². The Bertz CT molecular complexity index is 542. The molecule has 17 heavy (non-hydrogen) atoms. The summed E-state index contributed by atoms with van der Waals surface area (Å²) in [5, 5.41) is 0. The molecule has 0 bridgehead atoms. The van der Waals surface area contributed by atoms with Crippen molar-refractivity contribution in [1.29, 1.82) is 0 Å². The Labute approximate surface area is 102 Å². The summed E-state index contributed by atoms with van der Waals surface area (Å²) in [6.45, 7) is 0. The van der Waals surface area contributed by atoms with Crippen LogP contribution < -0.4 is 4.48 Å². The lowest BCUT2D eigenvalue weighted by Crippen LogP contribution is -2.35. The normalized spacial score (nSPS) is 15.9. The number of quaternary nitrogens is 1. The van der Waals surface area contributed by atoms with E-state index in [9.17, 15) is 0 Å². The lowest BCUT2D eigenvalue weighted by molar-refractivity contribution is 0.554. The van der Waals surface area contributed by atoms with Crippen LogP contribution in [0.2, 0.25) is 0 Å². The Morgan fingerprint density at radius 2 is 1.06 bits per heavy atom. The Morgan fingerprint density at radius 1 is 0.647 bits per heavy atom. The van der Waals surface area contributed by atoms with Crippen LogP contribution in [0.5, 0.6) is 0 Å². The van der Waals surface area contributed by atoms with E-state index < -0.39 is 0 Å². The standard InChI is InChI=1S/C16H16N/c1-17(2)15-9-5-3-7-13(15)11-12-14-8-4-6-10-16(14)17/h3-12H,1-2H3/q+1. The average Bonchev–Trinajstić information content (AvgIpc) is 2.47. The van der Waals surface area contributed by atoms with Gasteiger partial charge < -0.3 is 0 Å². The van der Waals surface area contributed by atoms with Gasteiger partial charge in [0.05, 0.1) is 14.1 Å². The minimum absolute atomic E-state index is 0.791. The molecule has 0 saturated carbocycles. The summed E-state index contributed by atoms with van der Waals surface area (Å²) in [7, 11) is 4.48. The quantitative estimate of drug-likeness (QED) is 0.589. The van der Waals surface area contributed by atoms with Gasteiger partial charge in [0, 0.05) is 23.3 Å². The topological polar surface area (TPSA) is 0 Å². The fourth-order valence-electron chi connectivity index (χ4n) is 2.58. The highest BCUT2D eigenvalue weighted by atomic mass is 15.3. The maximum atomic E-state index is 2.24. The van der Waals surface area contributed by atoms with Crippen molar-refractivity contribution in [2.75, 3.05) is 14.1 Å². The molecule has 1 aliphatic rings. The van der Waals surface area contributed by atoms with Crippen molar-refractivity contribution in [3.05, 3.63) is 59.7 Å². The molecule has 0 spiro atoms. The van der Waals surface area contributed by atoms with Crippen LogP contribution in [0.1, 0.15) is 11.1 Å². The molecule has 0 N–H and O–H groups in total. The van der Waals surface area contributed by atoms with Gasteiger partial charge in [0.15, 0.2) is 0 Å². The summed E-state index contributed by atoms with van der Waals surface area (Å²) in [6.07, 6.45) is 4.42. The molecule has 0 unspecified atom stereocenters. The highest BCUT2D eigenvalue weighted by Gasteiger charge is 2.28. The van der Waals surface area contributed by atoms with E-state index in [-0.39, 0.29) is 0 Å². The number of hydrogen-bond donors (Lipinski definition) is 0. The molecule has 2 aromatic rings. The molecular formula is C16H16N+. The smallest absolute Gasteiger partial charge is 0.144 e. The van der Waals surface area contributed by atoms with Gasteiger partial charge >= 0.3 is 0 Å². The van der Waals surface area contributed by atoms with Crippen LogP contribution in [0.25, 0.3) is 12.2 Å². The van der Waals surface area contributed by atoms with Gasteiger partial charge in [0.25, 0.3) is 0 Å². The summed E-state index contributed by atoms with van der Waals surface area (Å²) in [6, 6.07) is 17.2. The lowest BCUT2D eigenvalue weighted by Gasteiger charge is -2.30. The third-order valence-corrected chi connectivity index (χ3v) is 3.52. The first-order valence-electron chi connectivity index (χ1n) is 5.91. The molecule has 0 atom stereocenters. The molecule has 3 rings (SSSR count). The van der Waals surface area contributed by atoms with Crippen molar-refractivity contribution in [1.82, 2.24) is 4.48 Å². The maximum absolute atomic E-state index is 2.24. The second-order valence-electron chi connectivity index (χ2n) is 4.90. The number of fused-ring (bicyclic) bond motifs is 2. The van der Waals surface area contributed by atoms with Crippen molar-refractivity contribution in [3.8, 4) is 0 Å². The van der Waals surface area contributed by atoms with E-state index in [1.54, 1.807) is 0 Å². The predicted octanol–water partition coefficient (Wildman–Crippen LogP) is 4.07. The Hall–Kier alpha value is -1.86. The van der Waals surface area contributed by atoms with Crippen LogP contribution in [0, 0.1) is 0 Å². The minimum Gasteiger partial charge on any atom is -0.263 e. The van der Waals surface area contributed by atoms with Gasteiger partial charge in [0.1, 0.15) is 11.4 Å². The number of rotatable bonds is 0. The Balaban J connectivity index is 2.34. The Kier molecular flexibility index (Phi) is 2.17. The van der Waals surface area contributed by atoms with Gasteiger partial charge in [-0.3, -0.25) is 4.48 Å². The first-order chi connectivity index (χ1) is 8.19. The summed E-state index contributed by atoms with van der Waals surface area (Å²) >= 11 is 0. The van der Waals surface area contributed by atoms with Crippen molar-refractivity contribution < 1.29 is 0 Å². The van der Waals surface area contributed by atoms with E-state index in [0.29, 0.717) is 0 Å². The van der Waals surface area contributed by atoms with E-state index >= 15 is 0 Å². The molecule has 1 heteroatoms. The minimum atomic E-state index is 0.791. The number of nitrogens with zero attached hydrogens (tertiary/aromatic N) is 1. The van der Waals surface area contributed by atoms with Gasteiger partial charge in [-0.25, -0.2) is 0 Å². The monoisotopic (exact) mass is 222 g/mol. The van der Waals surface area contributed by atoms with E-state index in [4.69, 9.17) is 0 Å². The molecule has 0 amide bonds. The Morgan fingerprint density at radius 3 is 1.53 bits per heavy atom. The van der Waals surface area contributed by atoms with Crippen LogP contribution in [0.15, 0.2) is 48.5 Å². The van der Waals surface area contributed by atoms with Crippen molar-refractivity contribution in [3.63, 3.8) is 0 Å². The van der Waals surface area contributed by atoms with E-state index in [0.717, 1.165) is 4.48 Å². The average molecular weight is 222 g/mol. The fourth-order valence-corrected chi connectivity index (χ4v) is 2.58. The fraction of sp³-hybridized carbons (Fsp3) is 0.125. The molecule has 0 aliphatic carbocycles. The van der Waals surface area contributed by atoms with Crippen molar-refractivity contribution >= 4 is 23.5 Å². The zero-order valence-corrected chi connectivity index (χ0v) is 10.2. The zero-order chi connectivity index (χ0) is 11.9. The van der Waals surface area contributed by atoms with Crippen LogP contribution in [0.3, 0.4) is 0 Å². The van der Waals surface area contributed by atoms with Crippen LogP contribution in [-0.4, -0.2) is 14.1 Å². The zero-order valence-electron chi connectivity index (χ0n) is 10.2. The first-order valence-corrected chi connectivity index (χ1v) is 5.91. The third-order valence-electron chi connectivity index (χ3n) is 3.52. The van der Waals surface area contributed by atoms with Crippen LogP contribution in [-0.2, 0) is 0 Å². The number of hydrogen-bond acceptors (Lipinski definition) is 0. The van der Waals surface area contributed by atoms with Gasteiger partial charge in [-0.2, -0.15) is 0 Å². The largest absolute Gasteiger partial charge is 0.263 e. The molecule has 2 aromatic carbocycles. The molecule has 0 fully saturated rings. The maximum Gasteiger partial charge on any atom is 0.144 e. The van der Waals surface area contributed by atoms with Crippen LogP contribution in [0.4, 0.5) is 11.4 Å². The second kappa shape index (κ2) is 3.57. The molecule has 1 heterocycles. The number of para-hydroxylation sites is 2. The summed E-state index contributed by atoms with van der Waals surface area (Å²) in [5.74, 6) is 0. The summed E-state index contributed by atoms with van der Waals surface area (Å²) in [4.78, 5) is 0. The SMILES string of the molecule is C[N+]1(C)c2ccccc2C=Cc2ccccc21. The summed E-state index contributed by atoms with van der Waals surface area (Å²) < 4.78 is 0.791. The van der Waals surface area contributed by atoms with Crippen LogP contribution >= 0.6 is 0 Å². The molecular weight excluding hydrogens is 206 g/mol. The molecule has 1 aliphatic heterocycles. The highest BCUT2D eigenvalue weighted by Crippen LogP contribution is 2.39. The highest BCUT2D eigenvalue weighted by molar-refractivity contribution is 5.86. The predicted molar refractivity (Wildman–Crippen MR) is 75.1 cm³/mol. The third kappa shape index (κ3) is 1.51. The lowest BCUT2D eigenvalue weighted by atomic mass is 10.1. The van der Waals surface area contributed by atoms with Crippen molar-refractivity contribution in [2.24, 2.45) is 0 Å². The van der Waals surface area contributed by atoms with E-state index in [1.807, 2.05) is 0 Å². The second-order valence-corrected chi connectivity index (χ2v) is 4.90. The van der Waals surface area contributed by atoms with Crippen molar-refractivity contribution in [2.45, 2.75) is 0 Å². The van der Waals surface area contributed by atoms with Gasteiger partial charge in [-0.05, 0) is 24.3 Å². The molecule has 0 aromatic heterocycles. The molecule has 0 radical (unpaired) electrons. The summed E-state index contributed by atoms with van der Waals surface area (Å²) in [5.41, 5.74) is 5.28. The molecule has 84 valence electrons. The molecule has 0 saturated heterocycles. The molecule has 1 nitrogen and oxygen atoms in total. The van der Waals surface area contributed by atoms with E-state index in [2.05, 4.69) is 74.8 Å². The van der Waals surface area contributed by atoms with Gasteiger partial charge in [0.2, 0.25) is 0 Å². The van der Waals surface area contributed by atoms with Gasteiger partial charge in [-0.1, -0.05) is 24.3 Å².